The van der Waals surface area contributed by atoms with Crippen LogP contribution in [0.25, 0.3) is 11.2 Å². The highest BCUT2D eigenvalue weighted by Gasteiger charge is 2.23. The van der Waals surface area contributed by atoms with E-state index >= 15 is 0 Å². The maximum atomic E-state index is 6.27. The molecule has 0 bridgehead atoms. The van der Waals surface area contributed by atoms with Gasteiger partial charge in [0.1, 0.15) is 11.3 Å². The van der Waals surface area contributed by atoms with E-state index in [-0.39, 0.29) is 5.38 Å². The van der Waals surface area contributed by atoms with Gasteiger partial charge < -0.3 is 4.57 Å². The topological polar surface area (TPSA) is 30.7 Å². The van der Waals surface area contributed by atoms with Gasteiger partial charge in [-0.1, -0.05) is 20.8 Å². The standard InChI is InChI=1S/C14H20ClN3/c1-5-12(9(2)3)18-13(10(4)15)17-11-7-6-8-16-14(11)18/h6-10,12H,5H2,1-4H3. The number of imidazole rings is 1. The minimum absolute atomic E-state index is 0.105. The molecular weight excluding hydrogens is 246 g/mol. The van der Waals surface area contributed by atoms with Gasteiger partial charge in [-0.15, -0.1) is 11.6 Å². The fourth-order valence-electron chi connectivity index (χ4n) is 2.51. The number of rotatable bonds is 4. The van der Waals surface area contributed by atoms with Crippen molar-refractivity contribution in [1.29, 1.82) is 0 Å². The number of halogens is 1. The smallest absolute Gasteiger partial charge is 0.160 e. The molecule has 2 aromatic heterocycles. The van der Waals surface area contributed by atoms with Crippen LogP contribution >= 0.6 is 11.6 Å². The normalized spacial score (nSPS) is 15.2. The van der Waals surface area contributed by atoms with Gasteiger partial charge in [0.05, 0.1) is 5.38 Å². The largest absolute Gasteiger partial charge is 0.308 e. The van der Waals surface area contributed by atoms with Crippen molar-refractivity contribution in [2.24, 2.45) is 5.92 Å². The Morgan fingerprint density at radius 2 is 2.06 bits per heavy atom. The first-order chi connectivity index (χ1) is 8.56. The Kier molecular flexibility index (Phi) is 3.91. The fraction of sp³-hybridized carbons (Fsp3) is 0.571. The Morgan fingerprint density at radius 3 is 2.61 bits per heavy atom. The second-order valence-electron chi connectivity index (χ2n) is 5.02. The van der Waals surface area contributed by atoms with Crippen LogP contribution in [0.2, 0.25) is 0 Å². The van der Waals surface area contributed by atoms with Gasteiger partial charge in [0.25, 0.3) is 0 Å². The van der Waals surface area contributed by atoms with Crippen molar-refractivity contribution in [3.05, 3.63) is 24.2 Å². The molecule has 2 aromatic rings. The molecule has 0 aliphatic rings. The molecule has 2 atom stereocenters. The minimum atomic E-state index is -0.105. The zero-order chi connectivity index (χ0) is 13.3. The van der Waals surface area contributed by atoms with E-state index in [1.165, 1.54) is 0 Å². The summed E-state index contributed by atoms with van der Waals surface area (Å²) >= 11 is 6.27. The lowest BCUT2D eigenvalue weighted by atomic mass is 10.0. The Balaban J connectivity index is 2.68. The van der Waals surface area contributed by atoms with Crippen LogP contribution in [-0.4, -0.2) is 14.5 Å². The lowest BCUT2D eigenvalue weighted by Gasteiger charge is -2.24. The predicted octanol–water partition coefficient (Wildman–Crippen LogP) is 4.34. The Bertz CT molecular complexity index is 531. The number of alkyl halides is 1. The lowest BCUT2D eigenvalue weighted by molar-refractivity contribution is 0.363. The van der Waals surface area contributed by atoms with E-state index in [9.17, 15) is 0 Å². The summed E-state index contributed by atoms with van der Waals surface area (Å²) in [7, 11) is 0. The molecule has 2 rings (SSSR count). The molecule has 98 valence electrons. The second-order valence-corrected chi connectivity index (χ2v) is 5.68. The van der Waals surface area contributed by atoms with Crippen molar-refractivity contribution < 1.29 is 0 Å². The van der Waals surface area contributed by atoms with Gasteiger partial charge in [0.15, 0.2) is 5.65 Å². The molecule has 0 saturated carbocycles. The average Bonchev–Trinajstić information content (AvgIpc) is 2.70. The van der Waals surface area contributed by atoms with Crippen LogP contribution in [0.1, 0.15) is 51.4 Å². The molecule has 0 spiro atoms. The van der Waals surface area contributed by atoms with Crippen LogP contribution in [0.4, 0.5) is 0 Å². The molecule has 0 radical (unpaired) electrons. The first-order valence-corrected chi connectivity index (χ1v) is 6.96. The molecule has 2 unspecified atom stereocenters. The molecule has 0 fully saturated rings. The van der Waals surface area contributed by atoms with Gasteiger partial charge in [0.2, 0.25) is 0 Å². The van der Waals surface area contributed by atoms with Gasteiger partial charge in [-0.05, 0) is 31.4 Å². The summed E-state index contributed by atoms with van der Waals surface area (Å²) in [6, 6.07) is 4.30. The Hall–Kier alpha value is -1.09. The zero-order valence-corrected chi connectivity index (χ0v) is 12.1. The summed E-state index contributed by atoms with van der Waals surface area (Å²) in [6.45, 7) is 8.62. The van der Waals surface area contributed by atoms with Crippen molar-refractivity contribution in [2.75, 3.05) is 0 Å². The molecule has 0 aromatic carbocycles. The molecule has 4 heteroatoms. The number of hydrogen-bond donors (Lipinski definition) is 0. The molecule has 0 amide bonds. The number of aromatic nitrogens is 3. The third kappa shape index (κ3) is 2.24. The number of hydrogen-bond acceptors (Lipinski definition) is 2. The first-order valence-electron chi connectivity index (χ1n) is 6.53. The van der Waals surface area contributed by atoms with E-state index in [4.69, 9.17) is 11.6 Å². The highest BCUT2D eigenvalue weighted by atomic mass is 35.5. The van der Waals surface area contributed by atoms with E-state index in [0.29, 0.717) is 12.0 Å². The van der Waals surface area contributed by atoms with Gasteiger partial charge in [0, 0.05) is 12.2 Å². The van der Waals surface area contributed by atoms with Crippen LogP contribution in [0.5, 0.6) is 0 Å². The highest BCUT2D eigenvalue weighted by molar-refractivity contribution is 6.20. The third-order valence-corrected chi connectivity index (χ3v) is 3.55. The Morgan fingerprint density at radius 1 is 1.33 bits per heavy atom. The van der Waals surface area contributed by atoms with E-state index < -0.39 is 0 Å². The van der Waals surface area contributed by atoms with Crippen molar-refractivity contribution in [1.82, 2.24) is 14.5 Å². The maximum absolute atomic E-state index is 6.27. The second kappa shape index (κ2) is 5.27. The predicted molar refractivity (Wildman–Crippen MR) is 76.0 cm³/mol. The van der Waals surface area contributed by atoms with Gasteiger partial charge >= 0.3 is 0 Å². The van der Waals surface area contributed by atoms with Crippen molar-refractivity contribution >= 4 is 22.8 Å². The number of nitrogens with zero attached hydrogens (tertiary/aromatic N) is 3. The van der Waals surface area contributed by atoms with Crippen LogP contribution in [0.3, 0.4) is 0 Å². The SMILES string of the molecule is CCC(C(C)C)n1c(C(C)Cl)nc2cccnc21. The van der Waals surface area contributed by atoms with Crippen molar-refractivity contribution in [3.8, 4) is 0 Å². The average molecular weight is 266 g/mol. The van der Waals surface area contributed by atoms with Crippen LogP contribution in [0.15, 0.2) is 18.3 Å². The van der Waals surface area contributed by atoms with Crippen molar-refractivity contribution in [3.63, 3.8) is 0 Å². The highest BCUT2D eigenvalue weighted by Crippen LogP contribution is 2.31. The maximum Gasteiger partial charge on any atom is 0.160 e. The van der Waals surface area contributed by atoms with Crippen LogP contribution < -0.4 is 0 Å². The lowest BCUT2D eigenvalue weighted by Crippen LogP contribution is -2.17. The van der Waals surface area contributed by atoms with E-state index in [1.807, 2.05) is 25.3 Å². The van der Waals surface area contributed by atoms with Crippen LogP contribution in [-0.2, 0) is 0 Å². The van der Waals surface area contributed by atoms with E-state index in [1.54, 1.807) is 0 Å². The summed E-state index contributed by atoms with van der Waals surface area (Å²) in [5.41, 5.74) is 1.87. The van der Waals surface area contributed by atoms with Gasteiger partial charge in [-0.2, -0.15) is 0 Å². The molecule has 3 nitrogen and oxygen atoms in total. The minimum Gasteiger partial charge on any atom is -0.308 e. The summed E-state index contributed by atoms with van der Waals surface area (Å²) in [6.07, 6.45) is 2.87. The third-order valence-electron chi connectivity index (χ3n) is 3.35. The molecule has 0 N–H and O–H groups in total. The number of fused-ring (bicyclic) bond motifs is 1. The zero-order valence-electron chi connectivity index (χ0n) is 11.4. The Labute approximate surface area is 113 Å². The van der Waals surface area contributed by atoms with Crippen molar-refractivity contribution in [2.45, 2.75) is 45.5 Å². The molecule has 2 heterocycles. The summed E-state index contributed by atoms with van der Waals surface area (Å²) in [5, 5.41) is -0.105. The monoisotopic (exact) mass is 265 g/mol. The number of pyridine rings is 1. The molecule has 0 aliphatic carbocycles. The summed E-state index contributed by atoms with van der Waals surface area (Å²) in [5.74, 6) is 1.45. The van der Waals surface area contributed by atoms with E-state index in [2.05, 4.69) is 35.3 Å². The summed E-state index contributed by atoms with van der Waals surface area (Å²) < 4.78 is 2.22. The molecule has 18 heavy (non-hydrogen) atoms. The summed E-state index contributed by atoms with van der Waals surface area (Å²) in [4.78, 5) is 9.11. The van der Waals surface area contributed by atoms with Crippen LogP contribution in [0, 0.1) is 5.92 Å². The first kappa shape index (κ1) is 13.3. The quantitative estimate of drug-likeness (QED) is 0.770. The fourth-order valence-corrected chi connectivity index (χ4v) is 2.66. The molecular formula is C14H20ClN3. The van der Waals surface area contributed by atoms with Gasteiger partial charge in [-0.3, -0.25) is 0 Å². The van der Waals surface area contributed by atoms with Gasteiger partial charge in [-0.25, -0.2) is 9.97 Å². The molecule has 0 aliphatic heterocycles. The molecule has 0 saturated heterocycles. The van der Waals surface area contributed by atoms with E-state index in [0.717, 1.165) is 23.4 Å².